The van der Waals surface area contributed by atoms with Gasteiger partial charge >= 0.3 is 0 Å². The molecule has 0 aliphatic rings. The SMILES string of the molecule is CC(C)(C)c1ccc(C(F)Cl)cc1. The minimum absolute atomic E-state index is 0.108. The van der Waals surface area contributed by atoms with Gasteiger partial charge in [0.2, 0.25) is 0 Å². The van der Waals surface area contributed by atoms with Gasteiger partial charge in [0.15, 0.2) is 5.63 Å². The molecule has 1 unspecified atom stereocenters. The van der Waals surface area contributed by atoms with Crippen LogP contribution in [0.4, 0.5) is 4.39 Å². The third-order valence-corrected chi connectivity index (χ3v) is 2.28. The lowest BCUT2D eigenvalue weighted by molar-refractivity contribution is 0.460. The second-order valence-electron chi connectivity index (χ2n) is 4.17. The molecule has 72 valence electrons. The lowest BCUT2D eigenvalue weighted by atomic mass is 9.87. The summed E-state index contributed by atoms with van der Waals surface area (Å²) in [6, 6.07) is 7.31. The summed E-state index contributed by atoms with van der Waals surface area (Å²) in [5, 5.41) is 0. The van der Waals surface area contributed by atoms with Crippen molar-refractivity contribution in [3.63, 3.8) is 0 Å². The average molecular weight is 201 g/mol. The third-order valence-electron chi connectivity index (χ3n) is 2.03. The molecule has 0 amide bonds. The number of hydrogen-bond donors (Lipinski definition) is 0. The minimum Gasteiger partial charge on any atom is -0.225 e. The van der Waals surface area contributed by atoms with Crippen LogP contribution in [0, 0.1) is 0 Å². The summed E-state index contributed by atoms with van der Waals surface area (Å²) >= 11 is 5.30. The molecule has 0 aliphatic carbocycles. The highest BCUT2D eigenvalue weighted by Gasteiger charge is 2.13. The topological polar surface area (TPSA) is 0 Å². The molecule has 0 nitrogen and oxygen atoms in total. The lowest BCUT2D eigenvalue weighted by Gasteiger charge is -2.19. The molecule has 2 heteroatoms. The van der Waals surface area contributed by atoms with Crippen LogP contribution in [-0.2, 0) is 5.41 Å². The molecular weight excluding hydrogens is 187 g/mol. The largest absolute Gasteiger partial charge is 0.225 e. The zero-order valence-corrected chi connectivity index (χ0v) is 8.90. The van der Waals surface area contributed by atoms with E-state index in [2.05, 4.69) is 20.8 Å². The van der Waals surface area contributed by atoms with Gasteiger partial charge in [-0.05, 0) is 11.0 Å². The Morgan fingerprint density at radius 1 is 1.15 bits per heavy atom. The monoisotopic (exact) mass is 200 g/mol. The Morgan fingerprint density at radius 2 is 1.62 bits per heavy atom. The molecule has 1 atom stereocenters. The molecular formula is C11H14ClF. The summed E-state index contributed by atoms with van der Waals surface area (Å²) in [6.45, 7) is 6.36. The van der Waals surface area contributed by atoms with Crippen molar-refractivity contribution in [1.82, 2.24) is 0 Å². The van der Waals surface area contributed by atoms with Crippen LogP contribution < -0.4 is 0 Å². The maximum atomic E-state index is 12.6. The van der Waals surface area contributed by atoms with Gasteiger partial charge in [0.05, 0.1) is 0 Å². The van der Waals surface area contributed by atoms with Crippen LogP contribution in [0.1, 0.15) is 37.5 Å². The van der Waals surface area contributed by atoms with Gasteiger partial charge in [-0.1, -0.05) is 56.6 Å². The van der Waals surface area contributed by atoms with Crippen LogP contribution in [0.2, 0.25) is 0 Å². The molecule has 0 aliphatic heterocycles. The quantitative estimate of drug-likeness (QED) is 0.597. The maximum absolute atomic E-state index is 12.6. The van der Waals surface area contributed by atoms with E-state index in [4.69, 9.17) is 11.6 Å². The summed E-state index contributed by atoms with van der Waals surface area (Å²) in [7, 11) is 0. The standard InChI is InChI=1S/C11H14ClF/c1-11(2,3)9-6-4-8(5-7-9)10(12)13/h4-7,10H,1-3H3. The summed E-state index contributed by atoms with van der Waals surface area (Å²) in [5.74, 6) is 0. The summed E-state index contributed by atoms with van der Waals surface area (Å²) in [4.78, 5) is 0. The smallest absolute Gasteiger partial charge is 0.198 e. The van der Waals surface area contributed by atoms with E-state index in [1.807, 2.05) is 12.1 Å². The Kier molecular flexibility index (Phi) is 2.97. The van der Waals surface area contributed by atoms with Crippen LogP contribution >= 0.6 is 11.6 Å². The first-order valence-electron chi connectivity index (χ1n) is 4.30. The summed E-state index contributed by atoms with van der Waals surface area (Å²) in [5.41, 5.74) is 0.425. The van der Waals surface area contributed by atoms with Crippen molar-refractivity contribution >= 4 is 11.6 Å². The lowest BCUT2D eigenvalue weighted by Crippen LogP contribution is -2.10. The van der Waals surface area contributed by atoms with E-state index < -0.39 is 5.63 Å². The van der Waals surface area contributed by atoms with E-state index in [-0.39, 0.29) is 5.41 Å². The van der Waals surface area contributed by atoms with E-state index in [9.17, 15) is 4.39 Å². The molecule has 0 N–H and O–H groups in total. The third kappa shape index (κ3) is 2.70. The fourth-order valence-electron chi connectivity index (χ4n) is 1.13. The van der Waals surface area contributed by atoms with Crippen LogP contribution in [0.3, 0.4) is 0 Å². The predicted octanol–water partition coefficient (Wildman–Crippen LogP) is 4.19. The van der Waals surface area contributed by atoms with E-state index in [0.29, 0.717) is 5.56 Å². The van der Waals surface area contributed by atoms with Crippen molar-refractivity contribution in [1.29, 1.82) is 0 Å². The Balaban J connectivity index is 2.94. The molecule has 0 radical (unpaired) electrons. The molecule has 0 bridgehead atoms. The minimum atomic E-state index is -1.39. The normalized spacial score (nSPS) is 14.2. The van der Waals surface area contributed by atoms with Crippen molar-refractivity contribution < 1.29 is 4.39 Å². The highest BCUT2D eigenvalue weighted by Crippen LogP contribution is 2.26. The number of rotatable bonds is 1. The van der Waals surface area contributed by atoms with Crippen molar-refractivity contribution in [2.75, 3.05) is 0 Å². The van der Waals surface area contributed by atoms with E-state index in [0.717, 1.165) is 0 Å². The molecule has 0 heterocycles. The van der Waals surface area contributed by atoms with Gasteiger partial charge in [-0.2, -0.15) is 0 Å². The molecule has 0 fully saturated rings. The maximum Gasteiger partial charge on any atom is 0.198 e. The zero-order valence-electron chi connectivity index (χ0n) is 8.14. The van der Waals surface area contributed by atoms with Gasteiger partial charge in [0, 0.05) is 5.56 Å². The zero-order chi connectivity index (χ0) is 10.1. The molecule has 0 spiro atoms. The molecule has 1 rings (SSSR count). The van der Waals surface area contributed by atoms with Gasteiger partial charge in [-0.15, -0.1) is 0 Å². The highest BCUT2D eigenvalue weighted by atomic mass is 35.5. The number of halogens is 2. The van der Waals surface area contributed by atoms with Gasteiger partial charge < -0.3 is 0 Å². The highest BCUT2D eigenvalue weighted by molar-refractivity contribution is 6.19. The molecule has 0 aromatic heterocycles. The van der Waals surface area contributed by atoms with Crippen molar-refractivity contribution in [3.05, 3.63) is 35.4 Å². The van der Waals surface area contributed by atoms with Crippen LogP contribution in [0.25, 0.3) is 0 Å². The molecule has 0 saturated carbocycles. The van der Waals surface area contributed by atoms with Gasteiger partial charge in [-0.3, -0.25) is 0 Å². The van der Waals surface area contributed by atoms with E-state index in [1.54, 1.807) is 12.1 Å². The van der Waals surface area contributed by atoms with Crippen molar-refractivity contribution in [2.24, 2.45) is 0 Å². The number of benzene rings is 1. The fourth-order valence-corrected chi connectivity index (χ4v) is 1.27. The summed E-state index contributed by atoms with van der Waals surface area (Å²) in [6.07, 6.45) is 0. The van der Waals surface area contributed by atoms with Crippen LogP contribution in [0.15, 0.2) is 24.3 Å². The summed E-state index contributed by atoms with van der Waals surface area (Å²) < 4.78 is 12.6. The van der Waals surface area contributed by atoms with Gasteiger partial charge in [0.1, 0.15) is 0 Å². The number of alkyl halides is 2. The van der Waals surface area contributed by atoms with E-state index in [1.165, 1.54) is 5.56 Å². The molecule has 1 aromatic carbocycles. The first kappa shape index (κ1) is 10.5. The Bertz CT molecular complexity index is 269. The van der Waals surface area contributed by atoms with Crippen LogP contribution in [0.5, 0.6) is 0 Å². The van der Waals surface area contributed by atoms with E-state index >= 15 is 0 Å². The average Bonchev–Trinajstić information content (AvgIpc) is 2.03. The van der Waals surface area contributed by atoms with Gasteiger partial charge in [-0.25, -0.2) is 4.39 Å². The number of hydrogen-bond acceptors (Lipinski definition) is 0. The Morgan fingerprint density at radius 3 is 1.92 bits per heavy atom. The first-order valence-corrected chi connectivity index (χ1v) is 4.73. The Hall–Kier alpha value is -0.560. The van der Waals surface area contributed by atoms with Crippen molar-refractivity contribution in [2.45, 2.75) is 31.8 Å². The Labute approximate surface area is 83.7 Å². The molecule has 0 saturated heterocycles. The second-order valence-corrected chi connectivity index (χ2v) is 4.56. The predicted molar refractivity (Wildman–Crippen MR) is 54.8 cm³/mol. The van der Waals surface area contributed by atoms with Crippen LogP contribution in [-0.4, -0.2) is 0 Å². The fraction of sp³-hybridized carbons (Fsp3) is 0.455. The van der Waals surface area contributed by atoms with Crippen molar-refractivity contribution in [3.8, 4) is 0 Å². The first-order chi connectivity index (χ1) is 5.91. The van der Waals surface area contributed by atoms with Gasteiger partial charge in [0.25, 0.3) is 0 Å². The molecule has 13 heavy (non-hydrogen) atoms. The molecule has 1 aromatic rings. The second kappa shape index (κ2) is 3.67.